The van der Waals surface area contributed by atoms with E-state index in [1.54, 1.807) is 12.1 Å². The van der Waals surface area contributed by atoms with Gasteiger partial charge in [0, 0.05) is 5.56 Å². The second kappa shape index (κ2) is 6.55. The van der Waals surface area contributed by atoms with Crippen LogP contribution in [0, 0.1) is 0 Å². The van der Waals surface area contributed by atoms with Crippen LogP contribution in [0.5, 0.6) is 5.75 Å². The summed E-state index contributed by atoms with van der Waals surface area (Å²) >= 11 is 0. The maximum absolute atomic E-state index is 11.9. The van der Waals surface area contributed by atoms with Crippen LogP contribution in [-0.2, 0) is 4.74 Å². The third-order valence-electron chi connectivity index (χ3n) is 2.29. The van der Waals surface area contributed by atoms with Crippen LogP contribution in [0.25, 0.3) is 0 Å². The molecule has 1 rings (SSSR count). The standard InChI is InChI=1S/C15H22O3/c1-5-10-17-13-8-6-12(7-9-13)14(16)11-18-15(2,3)4/h6-9H,5,10-11H2,1-4H3. The van der Waals surface area contributed by atoms with Gasteiger partial charge in [-0.05, 0) is 51.5 Å². The number of rotatable bonds is 6. The lowest BCUT2D eigenvalue weighted by molar-refractivity contribution is 0.00306. The Morgan fingerprint density at radius 3 is 2.28 bits per heavy atom. The molecule has 0 aromatic heterocycles. The minimum Gasteiger partial charge on any atom is -0.494 e. The number of hydrogen-bond acceptors (Lipinski definition) is 3. The normalized spacial score (nSPS) is 11.3. The SMILES string of the molecule is CCCOc1ccc(C(=O)COC(C)(C)C)cc1. The molecule has 0 saturated carbocycles. The predicted molar refractivity (Wildman–Crippen MR) is 72.3 cm³/mol. The Morgan fingerprint density at radius 1 is 1.17 bits per heavy atom. The molecule has 0 N–H and O–H groups in total. The summed E-state index contributed by atoms with van der Waals surface area (Å²) in [7, 11) is 0. The van der Waals surface area contributed by atoms with E-state index < -0.39 is 0 Å². The highest BCUT2D eigenvalue weighted by Crippen LogP contribution is 2.14. The number of ketones is 1. The van der Waals surface area contributed by atoms with E-state index in [-0.39, 0.29) is 18.0 Å². The quantitative estimate of drug-likeness (QED) is 0.725. The lowest BCUT2D eigenvalue weighted by atomic mass is 10.1. The molecule has 0 atom stereocenters. The minimum atomic E-state index is -0.292. The molecular formula is C15H22O3. The summed E-state index contributed by atoms with van der Waals surface area (Å²) in [5.74, 6) is 0.789. The zero-order valence-electron chi connectivity index (χ0n) is 11.7. The molecule has 0 spiro atoms. The van der Waals surface area contributed by atoms with Crippen molar-refractivity contribution in [3.8, 4) is 5.75 Å². The Labute approximate surface area is 109 Å². The van der Waals surface area contributed by atoms with Gasteiger partial charge < -0.3 is 9.47 Å². The van der Waals surface area contributed by atoms with Crippen LogP contribution in [0.3, 0.4) is 0 Å². The van der Waals surface area contributed by atoms with Crippen LogP contribution in [0.1, 0.15) is 44.5 Å². The summed E-state index contributed by atoms with van der Waals surface area (Å²) in [5.41, 5.74) is 0.364. The van der Waals surface area contributed by atoms with Gasteiger partial charge in [0.15, 0.2) is 5.78 Å². The fourth-order valence-corrected chi connectivity index (χ4v) is 1.32. The van der Waals surface area contributed by atoms with Gasteiger partial charge in [-0.2, -0.15) is 0 Å². The van der Waals surface area contributed by atoms with Gasteiger partial charge in [-0.3, -0.25) is 4.79 Å². The molecule has 0 heterocycles. The van der Waals surface area contributed by atoms with E-state index in [1.165, 1.54) is 0 Å². The Balaban J connectivity index is 2.54. The van der Waals surface area contributed by atoms with E-state index in [0.717, 1.165) is 12.2 Å². The average Bonchev–Trinajstić information content (AvgIpc) is 2.33. The number of ether oxygens (including phenoxy) is 2. The molecule has 0 aliphatic heterocycles. The molecule has 0 unspecified atom stereocenters. The predicted octanol–water partition coefficient (Wildman–Crippen LogP) is 3.47. The molecule has 18 heavy (non-hydrogen) atoms. The van der Waals surface area contributed by atoms with Gasteiger partial charge in [0.25, 0.3) is 0 Å². The summed E-state index contributed by atoms with van der Waals surface area (Å²) in [6.45, 7) is 8.66. The molecular weight excluding hydrogens is 228 g/mol. The first-order valence-corrected chi connectivity index (χ1v) is 6.32. The Morgan fingerprint density at radius 2 is 1.78 bits per heavy atom. The minimum absolute atomic E-state index is 0.00744. The van der Waals surface area contributed by atoms with Gasteiger partial charge in [-0.25, -0.2) is 0 Å². The zero-order chi connectivity index (χ0) is 13.6. The van der Waals surface area contributed by atoms with Crippen LogP contribution < -0.4 is 4.74 Å². The second-order valence-corrected chi connectivity index (χ2v) is 5.20. The van der Waals surface area contributed by atoms with Gasteiger partial charge in [0.1, 0.15) is 12.4 Å². The lowest BCUT2D eigenvalue weighted by Gasteiger charge is -2.18. The molecule has 0 fully saturated rings. The third kappa shape index (κ3) is 5.32. The summed E-state index contributed by atoms with van der Waals surface area (Å²) in [5, 5.41) is 0. The topological polar surface area (TPSA) is 35.5 Å². The van der Waals surface area contributed by atoms with Crippen LogP contribution in [0.4, 0.5) is 0 Å². The summed E-state index contributed by atoms with van der Waals surface area (Å²) < 4.78 is 10.9. The summed E-state index contributed by atoms with van der Waals surface area (Å²) in [6, 6.07) is 7.19. The summed E-state index contributed by atoms with van der Waals surface area (Å²) in [6.07, 6.45) is 0.972. The highest BCUT2D eigenvalue weighted by Gasteiger charge is 2.14. The molecule has 100 valence electrons. The molecule has 3 heteroatoms. The fourth-order valence-electron chi connectivity index (χ4n) is 1.32. The lowest BCUT2D eigenvalue weighted by Crippen LogP contribution is -2.23. The van der Waals surface area contributed by atoms with E-state index in [2.05, 4.69) is 6.92 Å². The highest BCUT2D eigenvalue weighted by molar-refractivity contribution is 5.97. The van der Waals surface area contributed by atoms with Crippen molar-refractivity contribution < 1.29 is 14.3 Å². The van der Waals surface area contributed by atoms with Gasteiger partial charge in [0.2, 0.25) is 0 Å². The van der Waals surface area contributed by atoms with Gasteiger partial charge in [-0.1, -0.05) is 6.92 Å². The van der Waals surface area contributed by atoms with E-state index in [1.807, 2.05) is 32.9 Å². The van der Waals surface area contributed by atoms with Crippen molar-refractivity contribution in [2.45, 2.75) is 39.7 Å². The molecule has 0 aliphatic carbocycles. The number of Topliss-reactive ketones (excluding diaryl/α,β-unsaturated/α-hetero) is 1. The number of carbonyl (C=O) groups excluding carboxylic acids is 1. The Hall–Kier alpha value is -1.35. The van der Waals surface area contributed by atoms with Gasteiger partial charge >= 0.3 is 0 Å². The van der Waals surface area contributed by atoms with Crippen molar-refractivity contribution in [2.75, 3.05) is 13.2 Å². The Bertz CT molecular complexity index is 374. The molecule has 0 radical (unpaired) electrons. The van der Waals surface area contributed by atoms with E-state index in [4.69, 9.17) is 9.47 Å². The van der Waals surface area contributed by atoms with Crippen LogP contribution >= 0.6 is 0 Å². The van der Waals surface area contributed by atoms with Crippen molar-refractivity contribution in [2.24, 2.45) is 0 Å². The first-order chi connectivity index (χ1) is 8.42. The third-order valence-corrected chi connectivity index (χ3v) is 2.29. The van der Waals surface area contributed by atoms with Crippen LogP contribution in [0.2, 0.25) is 0 Å². The van der Waals surface area contributed by atoms with Crippen molar-refractivity contribution in [1.82, 2.24) is 0 Å². The maximum atomic E-state index is 11.9. The van der Waals surface area contributed by atoms with Crippen molar-refractivity contribution in [3.05, 3.63) is 29.8 Å². The monoisotopic (exact) mass is 250 g/mol. The molecule has 0 saturated heterocycles. The largest absolute Gasteiger partial charge is 0.494 e. The smallest absolute Gasteiger partial charge is 0.188 e. The van der Waals surface area contributed by atoms with Crippen molar-refractivity contribution in [1.29, 1.82) is 0 Å². The van der Waals surface area contributed by atoms with Crippen molar-refractivity contribution >= 4 is 5.78 Å². The van der Waals surface area contributed by atoms with Gasteiger partial charge in [-0.15, -0.1) is 0 Å². The van der Waals surface area contributed by atoms with E-state index in [9.17, 15) is 4.79 Å². The molecule has 0 bridgehead atoms. The molecule has 3 nitrogen and oxygen atoms in total. The molecule has 1 aromatic rings. The number of benzene rings is 1. The zero-order valence-corrected chi connectivity index (χ0v) is 11.7. The van der Waals surface area contributed by atoms with Gasteiger partial charge in [0.05, 0.1) is 12.2 Å². The second-order valence-electron chi connectivity index (χ2n) is 5.20. The fraction of sp³-hybridized carbons (Fsp3) is 0.533. The number of hydrogen-bond donors (Lipinski definition) is 0. The van der Waals surface area contributed by atoms with E-state index in [0.29, 0.717) is 12.2 Å². The Kier molecular flexibility index (Phi) is 5.35. The first-order valence-electron chi connectivity index (χ1n) is 6.32. The van der Waals surface area contributed by atoms with Crippen molar-refractivity contribution in [3.63, 3.8) is 0 Å². The average molecular weight is 250 g/mol. The highest BCUT2D eigenvalue weighted by atomic mass is 16.5. The summed E-state index contributed by atoms with van der Waals surface area (Å²) in [4.78, 5) is 11.9. The van der Waals surface area contributed by atoms with Crippen LogP contribution in [0.15, 0.2) is 24.3 Å². The first kappa shape index (κ1) is 14.7. The molecule has 0 aliphatic rings. The maximum Gasteiger partial charge on any atom is 0.188 e. The molecule has 1 aromatic carbocycles. The molecule has 0 amide bonds. The van der Waals surface area contributed by atoms with Crippen LogP contribution in [-0.4, -0.2) is 24.6 Å². The van der Waals surface area contributed by atoms with E-state index >= 15 is 0 Å². The number of carbonyl (C=O) groups is 1.